The lowest BCUT2D eigenvalue weighted by molar-refractivity contribution is 0.0954. The van der Waals surface area contributed by atoms with Crippen LogP contribution in [-0.4, -0.2) is 38.7 Å². The van der Waals surface area contributed by atoms with Crippen molar-refractivity contribution >= 4 is 21.6 Å². The molecule has 0 atom stereocenters. The molecule has 0 spiro atoms. The predicted octanol–water partition coefficient (Wildman–Crippen LogP) is -0.468. The SMILES string of the molecule is CNc1ccncc1C(=O)NCCCS(N)(=O)=O. The van der Waals surface area contributed by atoms with Crippen LogP contribution in [-0.2, 0) is 10.0 Å². The third kappa shape index (κ3) is 4.68. The highest BCUT2D eigenvalue weighted by atomic mass is 32.2. The van der Waals surface area contributed by atoms with Crippen molar-refractivity contribution in [1.82, 2.24) is 10.3 Å². The van der Waals surface area contributed by atoms with Gasteiger partial charge in [-0.05, 0) is 12.5 Å². The van der Waals surface area contributed by atoms with E-state index in [0.29, 0.717) is 11.3 Å². The number of hydrogen-bond donors (Lipinski definition) is 3. The molecule has 100 valence electrons. The molecule has 1 amide bonds. The number of anilines is 1. The summed E-state index contributed by atoms with van der Waals surface area (Å²) in [5.74, 6) is -0.457. The number of nitrogens with two attached hydrogens (primary N) is 1. The van der Waals surface area contributed by atoms with Gasteiger partial charge in [-0.25, -0.2) is 13.6 Å². The van der Waals surface area contributed by atoms with Gasteiger partial charge in [-0.15, -0.1) is 0 Å². The van der Waals surface area contributed by atoms with Gasteiger partial charge in [0.15, 0.2) is 0 Å². The zero-order valence-corrected chi connectivity index (χ0v) is 10.8. The maximum absolute atomic E-state index is 11.8. The largest absolute Gasteiger partial charge is 0.387 e. The Balaban J connectivity index is 2.51. The van der Waals surface area contributed by atoms with Gasteiger partial charge in [0.1, 0.15) is 0 Å². The minimum atomic E-state index is -3.48. The van der Waals surface area contributed by atoms with Crippen LogP contribution in [0.5, 0.6) is 0 Å². The second-order valence-corrected chi connectivity index (χ2v) is 5.38. The molecule has 0 saturated heterocycles. The molecule has 7 nitrogen and oxygen atoms in total. The smallest absolute Gasteiger partial charge is 0.254 e. The summed E-state index contributed by atoms with van der Waals surface area (Å²) in [5.41, 5.74) is 1.07. The Morgan fingerprint density at radius 1 is 1.50 bits per heavy atom. The molecule has 4 N–H and O–H groups in total. The van der Waals surface area contributed by atoms with Crippen LogP contribution in [0.3, 0.4) is 0 Å². The Labute approximate surface area is 106 Å². The molecule has 0 unspecified atom stereocenters. The van der Waals surface area contributed by atoms with E-state index in [1.165, 1.54) is 6.20 Å². The van der Waals surface area contributed by atoms with Crippen LogP contribution in [0.25, 0.3) is 0 Å². The van der Waals surface area contributed by atoms with Crippen LogP contribution in [0.1, 0.15) is 16.8 Å². The normalized spacial score (nSPS) is 11.0. The lowest BCUT2D eigenvalue weighted by Gasteiger charge is -2.08. The van der Waals surface area contributed by atoms with E-state index in [9.17, 15) is 13.2 Å². The number of nitrogens with zero attached hydrogens (tertiary/aromatic N) is 1. The Kier molecular flexibility index (Phi) is 5.05. The van der Waals surface area contributed by atoms with E-state index in [-0.39, 0.29) is 24.6 Å². The van der Waals surface area contributed by atoms with Crippen molar-refractivity contribution in [2.75, 3.05) is 24.7 Å². The van der Waals surface area contributed by atoms with Gasteiger partial charge in [0.2, 0.25) is 10.0 Å². The molecule has 18 heavy (non-hydrogen) atoms. The fourth-order valence-corrected chi connectivity index (χ4v) is 1.91. The molecule has 0 radical (unpaired) electrons. The van der Waals surface area contributed by atoms with Crippen molar-refractivity contribution in [3.63, 3.8) is 0 Å². The van der Waals surface area contributed by atoms with Crippen molar-refractivity contribution in [3.05, 3.63) is 24.0 Å². The fraction of sp³-hybridized carbons (Fsp3) is 0.400. The number of pyridine rings is 1. The minimum absolute atomic E-state index is 0.154. The Bertz CT molecular complexity index is 516. The molecule has 1 heterocycles. The van der Waals surface area contributed by atoms with Crippen LogP contribution in [0.2, 0.25) is 0 Å². The van der Waals surface area contributed by atoms with Gasteiger partial charge in [-0.2, -0.15) is 0 Å². The molecule has 0 fully saturated rings. The maximum Gasteiger partial charge on any atom is 0.254 e. The van der Waals surface area contributed by atoms with E-state index in [4.69, 9.17) is 5.14 Å². The van der Waals surface area contributed by atoms with E-state index in [0.717, 1.165) is 0 Å². The summed E-state index contributed by atoms with van der Waals surface area (Å²) in [4.78, 5) is 15.6. The van der Waals surface area contributed by atoms with Crippen molar-refractivity contribution in [1.29, 1.82) is 0 Å². The zero-order valence-electron chi connectivity index (χ0n) is 10.0. The number of nitrogens with one attached hydrogen (secondary N) is 2. The first-order valence-corrected chi connectivity index (χ1v) is 7.06. The molecule has 0 saturated carbocycles. The minimum Gasteiger partial charge on any atom is -0.387 e. The number of carbonyl (C=O) groups excluding carboxylic acids is 1. The number of sulfonamides is 1. The first-order valence-electron chi connectivity index (χ1n) is 5.34. The number of hydrogen-bond acceptors (Lipinski definition) is 5. The van der Waals surface area contributed by atoms with E-state index in [1.54, 1.807) is 19.3 Å². The third-order valence-electron chi connectivity index (χ3n) is 2.23. The number of aromatic nitrogens is 1. The number of carbonyl (C=O) groups is 1. The van der Waals surface area contributed by atoms with Crippen LogP contribution >= 0.6 is 0 Å². The summed E-state index contributed by atoms with van der Waals surface area (Å²) in [6.45, 7) is 0.243. The van der Waals surface area contributed by atoms with Crippen molar-refractivity contribution < 1.29 is 13.2 Å². The van der Waals surface area contributed by atoms with Crippen LogP contribution in [0.15, 0.2) is 18.5 Å². The summed E-state index contributed by atoms with van der Waals surface area (Å²) >= 11 is 0. The van der Waals surface area contributed by atoms with E-state index >= 15 is 0 Å². The molecule has 0 aromatic carbocycles. The molecule has 1 aromatic heterocycles. The molecule has 1 aromatic rings. The summed E-state index contributed by atoms with van der Waals surface area (Å²) in [6, 6.07) is 1.68. The van der Waals surface area contributed by atoms with Crippen LogP contribution in [0.4, 0.5) is 5.69 Å². The summed E-state index contributed by atoms with van der Waals surface area (Å²) in [5, 5.41) is 10.3. The molecule has 0 aliphatic heterocycles. The quantitative estimate of drug-likeness (QED) is 0.606. The van der Waals surface area contributed by atoms with Crippen molar-refractivity contribution in [2.45, 2.75) is 6.42 Å². The number of rotatable bonds is 6. The van der Waals surface area contributed by atoms with Gasteiger partial charge in [-0.3, -0.25) is 9.78 Å². The van der Waals surface area contributed by atoms with E-state index in [2.05, 4.69) is 15.6 Å². The summed E-state index contributed by atoms with van der Waals surface area (Å²) in [6.07, 6.45) is 3.30. The lowest BCUT2D eigenvalue weighted by atomic mass is 10.2. The topological polar surface area (TPSA) is 114 Å². The predicted molar refractivity (Wildman–Crippen MR) is 68.7 cm³/mol. The van der Waals surface area contributed by atoms with Gasteiger partial charge in [0.05, 0.1) is 11.3 Å². The number of primary sulfonamides is 1. The highest BCUT2D eigenvalue weighted by Gasteiger charge is 2.10. The average Bonchev–Trinajstić information content (AvgIpc) is 2.33. The zero-order chi connectivity index (χ0) is 13.6. The van der Waals surface area contributed by atoms with Gasteiger partial charge in [-0.1, -0.05) is 0 Å². The molecular weight excluding hydrogens is 256 g/mol. The van der Waals surface area contributed by atoms with E-state index in [1.807, 2.05) is 0 Å². The fourth-order valence-electron chi connectivity index (χ4n) is 1.36. The third-order valence-corrected chi connectivity index (χ3v) is 3.08. The molecule has 0 bridgehead atoms. The molecule has 0 aliphatic carbocycles. The Morgan fingerprint density at radius 2 is 2.22 bits per heavy atom. The average molecular weight is 272 g/mol. The van der Waals surface area contributed by atoms with Gasteiger partial charge >= 0.3 is 0 Å². The maximum atomic E-state index is 11.8. The summed E-state index contributed by atoms with van der Waals surface area (Å²) in [7, 11) is -1.77. The standard InChI is InChI=1S/C10H16N4O3S/c1-12-9-3-5-13-7-8(9)10(15)14-4-2-6-18(11,16)17/h3,5,7H,2,4,6H2,1H3,(H,12,13)(H,14,15)(H2,11,16,17). The lowest BCUT2D eigenvalue weighted by Crippen LogP contribution is -2.28. The van der Waals surface area contributed by atoms with Gasteiger partial charge in [0.25, 0.3) is 5.91 Å². The summed E-state index contributed by atoms with van der Waals surface area (Å²) < 4.78 is 21.4. The van der Waals surface area contributed by atoms with Crippen LogP contribution < -0.4 is 15.8 Å². The molecule has 0 aliphatic rings. The Hall–Kier alpha value is -1.67. The first-order chi connectivity index (χ1) is 8.44. The molecule has 8 heteroatoms. The first kappa shape index (κ1) is 14.4. The van der Waals surface area contributed by atoms with Crippen LogP contribution in [0, 0.1) is 0 Å². The Morgan fingerprint density at radius 3 is 2.83 bits per heavy atom. The van der Waals surface area contributed by atoms with Crippen molar-refractivity contribution in [3.8, 4) is 0 Å². The van der Waals surface area contributed by atoms with Crippen molar-refractivity contribution in [2.24, 2.45) is 5.14 Å². The molecular formula is C10H16N4O3S. The number of amides is 1. The second-order valence-electron chi connectivity index (χ2n) is 3.65. The molecule has 1 rings (SSSR count). The second kappa shape index (κ2) is 6.31. The highest BCUT2D eigenvalue weighted by Crippen LogP contribution is 2.11. The van der Waals surface area contributed by atoms with Gasteiger partial charge in [0, 0.05) is 31.7 Å². The van der Waals surface area contributed by atoms with E-state index < -0.39 is 10.0 Å². The monoisotopic (exact) mass is 272 g/mol. The van der Waals surface area contributed by atoms with Gasteiger partial charge < -0.3 is 10.6 Å². The highest BCUT2D eigenvalue weighted by molar-refractivity contribution is 7.89.